The van der Waals surface area contributed by atoms with Crippen molar-refractivity contribution in [1.29, 1.82) is 0 Å². The number of carbonyl (C=O) groups excluding carboxylic acids is 3. The number of hydrogen-bond acceptors (Lipinski definition) is 6. The number of ether oxygens (including phenoxy) is 3. The molecule has 0 fully saturated rings. The van der Waals surface area contributed by atoms with Crippen LogP contribution in [0.4, 0.5) is 0 Å². The molecule has 0 amide bonds. The largest absolute Gasteiger partial charge is 0.462 e. The molecule has 0 aliphatic rings. The molecular weight excluding hydrogens is 973 g/mol. The van der Waals surface area contributed by atoms with Crippen LogP contribution in [0, 0.1) is 0 Å². The lowest BCUT2D eigenvalue weighted by molar-refractivity contribution is -0.166. The number of rotatable bonds is 52. The SMILES string of the molecule is CC/C=C\C/C=C\C/C=C\C/C=C\C/C=C\C/C=C\C/C=C\CCCCCCCC(=O)OCC(COC(=O)CC/C=C\C/C=C\C/C=C\C/C=C\CC)OC(=O)CCCC/C=C\C/C=C\C/C=C\C/C=C\C/C=C\C/C=C\CC. The summed E-state index contributed by atoms with van der Waals surface area (Å²) in [4.78, 5) is 38.2. The zero-order chi connectivity index (χ0) is 57.1. The van der Waals surface area contributed by atoms with Gasteiger partial charge in [-0.05, 0) is 154 Å². The van der Waals surface area contributed by atoms with E-state index in [1.165, 1.54) is 0 Å². The minimum atomic E-state index is -0.853. The first-order valence-electron chi connectivity index (χ1n) is 30.6. The van der Waals surface area contributed by atoms with Gasteiger partial charge in [-0.3, -0.25) is 14.4 Å². The molecule has 6 heteroatoms. The van der Waals surface area contributed by atoms with Crippen LogP contribution >= 0.6 is 0 Å². The lowest BCUT2D eigenvalue weighted by atomic mass is 10.1. The molecule has 0 N–H and O–H groups in total. The summed E-state index contributed by atoms with van der Waals surface area (Å²) < 4.78 is 16.8. The molecule has 0 aromatic rings. The predicted octanol–water partition coefficient (Wildman–Crippen LogP) is 21.2. The van der Waals surface area contributed by atoms with Gasteiger partial charge in [0.25, 0.3) is 0 Å². The highest BCUT2D eigenvalue weighted by atomic mass is 16.6. The molecule has 0 radical (unpaired) electrons. The average Bonchev–Trinajstić information content (AvgIpc) is 3.45. The summed E-state index contributed by atoms with van der Waals surface area (Å²) in [7, 11) is 0. The standard InChI is InChI=1S/C73H108O6/c1-4-7-10-13-16-19-22-25-27-29-31-33-34-35-36-37-38-40-41-43-45-48-51-54-57-60-63-66-72(75)78-69-70(68-77-71(74)65-62-59-56-53-50-47-24-21-18-15-12-9-6-3)79-73(76)67-64-61-58-55-52-49-46-44-42-39-32-30-28-26-23-20-17-14-11-8-5-2/h7-12,16-21,25-28,31-33,35-36,38-40,43-47,50,52,55-56,59,70H,4-6,13-15,22-24,29-30,34,37,41-42,48-49,51,53-54,57-58,60-69H2,1-3H3/b10-7-,11-8-,12-9-,19-16-,20-17-,21-18-,27-25-,28-26-,33-31-,36-35-,39-32-,40-38-,45-43-,46-44-,50-47-,55-52-,59-56-. The van der Waals surface area contributed by atoms with Gasteiger partial charge in [0, 0.05) is 19.3 Å². The van der Waals surface area contributed by atoms with Gasteiger partial charge in [-0.15, -0.1) is 0 Å². The van der Waals surface area contributed by atoms with Gasteiger partial charge in [-0.25, -0.2) is 0 Å². The highest BCUT2D eigenvalue weighted by Crippen LogP contribution is 2.11. The summed E-state index contributed by atoms with van der Waals surface area (Å²) >= 11 is 0. The number of unbranched alkanes of at least 4 members (excludes halogenated alkanes) is 7. The topological polar surface area (TPSA) is 78.9 Å². The van der Waals surface area contributed by atoms with E-state index < -0.39 is 6.10 Å². The molecule has 79 heavy (non-hydrogen) atoms. The first-order chi connectivity index (χ1) is 39.0. The smallest absolute Gasteiger partial charge is 0.306 e. The van der Waals surface area contributed by atoms with Crippen molar-refractivity contribution in [2.75, 3.05) is 13.2 Å². The van der Waals surface area contributed by atoms with E-state index in [-0.39, 0.29) is 44.0 Å². The molecule has 0 rings (SSSR count). The Morgan fingerprint density at radius 1 is 0.253 bits per heavy atom. The number of allylic oxidation sites excluding steroid dienone is 34. The minimum absolute atomic E-state index is 0.141. The lowest BCUT2D eigenvalue weighted by Gasteiger charge is -2.18. The maximum atomic E-state index is 12.9. The Hall–Kier alpha value is -6.01. The molecule has 0 bridgehead atoms. The third-order valence-electron chi connectivity index (χ3n) is 11.8. The molecular formula is C73H108O6. The Bertz CT molecular complexity index is 1960. The van der Waals surface area contributed by atoms with Gasteiger partial charge >= 0.3 is 17.9 Å². The Labute approximate surface area is 483 Å². The third-order valence-corrected chi connectivity index (χ3v) is 11.8. The fraction of sp³-hybridized carbons (Fsp3) is 0.493. The first kappa shape index (κ1) is 73.0. The van der Waals surface area contributed by atoms with Crippen LogP contribution in [-0.4, -0.2) is 37.2 Å². The molecule has 0 spiro atoms. The van der Waals surface area contributed by atoms with E-state index in [4.69, 9.17) is 14.2 Å². The third kappa shape index (κ3) is 62.7. The highest BCUT2D eigenvalue weighted by molar-refractivity contribution is 5.71. The zero-order valence-electron chi connectivity index (χ0n) is 49.8. The minimum Gasteiger partial charge on any atom is -0.462 e. The van der Waals surface area contributed by atoms with Crippen molar-refractivity contribution in [3.63, 3.8) is 0 Å². The summed E-state index contributed by atoms with van der Waals surface area (Å²) in [5.74, 6) is -1.10. The number of carbonyl (C=O) groups is 3. The summed E-state index contributed by atoms with van der Waals surface area (Å²) in [6.45, 7) is 6.15. The van der Waals surface area contributed by atoms with Gasteiger partial charge in [0.1, 0.15) is 13.2 Å². The van der Waals surface area contributed by atoms with Crippen LogP contribution in [-0.2, 0) is 28.6 Å². The normalized spacial score (nSPS) is 13.6. The molecule has 6 nitrogen and oxygen atoms in total. The fourth-order valence-electron chi connectivity index (χ4n) is 7.32. The molecule has 0 aliphatic heterocycles. The predicted molar refractivity (Wildman–Crippen MR) is 343 cm³/mol. The second-order valence-corrected chi connectivity index (χ2v) is 19.1. The van der Waals surface area contributed by atoms with Crippen molar-refractivity contribution < 1.29 is 28.6 Å². The molecule has 0 aromatic carbocycles. The molecule has 0 aromatic heterocycles. The molecule has 0 heterocycles. The van der Waals surface area contributed by atoms with E-state index in [0.717, 1.165) is 161 Å². The van der Waals surface area contributed by atoms with Crippen LogP contribution in [0.15, 0.2) is 207 Å². The monoisotopic (exact) mass is 1080 g/mol. The van der Waals surface area contributed by atoms with Gasteiger partial charge in [0.15, 0.2) is 6.10 Å². The van der Waals surface area contributed by atoms with Gasteiger partial charge in [0.2, 0.25) is 0 Å². The van der Waals surface area contributed by atoms with Crippen LogP contribution in [0.5, 0.6) is 0 Å². The van der Waals surface area contributed by atoms with Crippen LogP contribution in [0.25, 0.3) is 0 Å². The average molecular weight is 1080 g/mol. The van der Waals surface area contributed by atoms with E-state index >= 15 is 0 Å². The molecule has 0 saturated heterocycles. The maximum absolute atomic E-state index is 12.9. The van der Waals surface area contributed by atoms with Crippen molar-refractivity contribution >= 4 is 17.9 Å². The fourth-order valence-corrected chi connectivity index (χ4v) is 7.32. The number of hydrogen-bond donors (Lipinski definition) is 0. The quantitative estimate of drug-likeness (QED) is 0.0261. The molecule has 436 valence electrons. The molecule has 1 atom stereocenters. The zero-order valence-corrected chi connectivity index (χ0v) is 49.8. The summed E-state index contributed by atoms with van der Waals surface area (Å²) in [5.41, 5.74) is 0. The van der Waals surface area contributed by atoms with E-state index in [1.54, 1.807) is 0 Å². The Morgan fingerprint density at radius 3 is 0.810 bits per heavy atom. The van der Waals surface area contributed by atoms with Crippen LogP contribution in [0.3, 0.4) is 0 Å². The summed E-state index contributed by atoms with van der Waals surface area (Å²) in [6, 6.07) is 0. The van der Waals surface area contributed by atoms with E-state index in [1.807, 2.05) is 12.2 Å². The van der Waals surface area contributed by atoms with Crippen LogP contribution < -0.4 is 0 Å². The molecule has 1 unspecified atom stereocenters. The maximum Gasteiger partial charge on any atom is 0.306 e. The Morgan fingerprint density at radius 2 is 0.481 bits per heavy atom. The second kappa shape index (κ2) is 64.5. The van der Waals surface area contributed by atoms with Gasteiger partial charge in [-0.2, -0.15) is 0 Å². The van der Waals surface area contributed by atoms with Crippen molar-refractivity contribution in [2.45, 2.75) is 219 Å². The number of esters is 3. The Balaban J connectivity index is 4.56. The van der Waals surface area contributed by atoms with Crippen molar-refractivity contribution in [3.05, 3.63) is 207 Å². The lowest BCUT2D eigenvalue weighted by Crippen LogP contribution is -2.30. The van der Waals surface area contributed by atoms with Crippen molar-refractivity contribution in [3.8, 4) is 0 Å². The van der Waals surface area contributed by atoms with Gasteiger partial charge in [0.05, 0.1) is 0 Å². The van der Waals surface area contributed by atoms with Crippen LogP contribution in [0.2, 0.25) is 0 Å². The van der Waals surface area contributed by atoms with Gasteiger partial charge < -0.3 is 14.2 Å². The summed E-state index contributed by atoms with van der Waals surface area (Å²) in [5, 5.41) is 0. The second-order valence-electron chi connectivity index (χ2n) is 19.1. The first-order valence-corrected chi connectivity index (χ1v) is 30.6. The van der Waals surface area contributed by atoms with Crippen LogP contribution in [0.1, 0.15) is 213 Å². The van der Waals surface area contributed by atoms with E-state index in [2.05, 4.69) is 215 Å². The highest BCUT2D eigenvalue weighted by Gasteiger charge is 2.19. The molecule has 0 aliphatic carbocycles. The van der Waals surface area contributed by atoms with E-state index in [0.29, 0.717) is 19.3 Å². The molecule has 0 saturated carbocycles. The Kier molecular flexibility index (Phi) is 59.6. The van der Waals surface area contributed by atoms with Gasteiger partial charge in [-0.1, -0.05) is 247 Å². The van der Waals surface area contributed by atoms with E-state index in [9.17, 15) is 14.4 Å². The van der Waals surface area contributed by atoms with Crippen molar-refractivity contribution in [1.82, 2.24) is 0 Å². The van der Waals surface area contributed by atoms with Crippen molar-refractivity contribution in [2.24, 2.45) is 0 Å². The summed E-state index contributed by atoms with van der Waals surface area (Å²) in [6.07, 6.45) is 99.8.